The molecule has 1 aliphatic rings. The summed E-state index contributed by atoms with van der Waals surface area (Å²) in [5.41, 5.74) is 2.31. The SMILES string of the molecule is CSc1nc2ccc(NC3CNC3)cc2s1. The number of rotatable bonds is 3. The van der Waals surface area contributed by atoms with Crippen molar-refractivity contribution in [2.24, 2.45) is 0 Å². The molecule has 3 nitrogen and oxygen atoms in total. The number of nitrogens with zero attached hydrogens (tertiary/aromatic N) is 1. The third-order valence-electron chi connectivity index (χ3n) is 2.70. The van der Waals surface area contributed by atoms with Crippen LogP contribution in [0.1, 0.15) is 0 Å². The van der Waals surface area contributed by atoms with E-state index in [4.69, 9.17) is 0 Å². The average molecular weight is 251 g/mol. The minimum Gasteiger partial charge on any atom is -0.380 e. The third-order valence-corrected chi connectivity index (χ3v) is 4.70. The highest BCUT2D eigenvalue weighted by Crippen LogP contribution is 2.30. The zero-order valence-electron chi connectivity index (χ0n) is 8.99. The van der Waals surface area contributed by atoms with Gasteiger partial charge in [0.25, 0.3) is 0 Å². The number of thioether (sulfide) groups is 1. The summed E-state index contributed by atoms with van der Waals surface area (Å²) in [5.74, 6) is 0. The van der Waals surface area contributed by atoms with Gasteiger partial charge in [-0.25, -0.2) is 4.98 Å². The molecule has 1 aliphatic heterocycles. The van der Waals surface area contributed by atoms with Crippen LogP contribution in [0.25, 0.3) is 10.2 Å². The zero-order valence-corrected chi connectivity index (χ0v) is 10.6. The van der Waals surface area contributed by atoms with Crippen LogP contribution in [0.2, 0.25) is 0 Å². The molecule has 1 aromatic carbocycles. The topological polar surface area (TPSA) is 37.0 Å². The smallest absolute Gasteiger partial charge is 0.150 e. The summed E-state index contributed by atoms with van der Waals surface area (Å²) < 4.78 is 2.40. The highest BCUT2D eigenvalue weighted by atomic mass is 32.2. The van der Waals surface area contributed by atoms with E-state index in [0.29, 0.717) is 6.04 Å². The van der Waals surface area contributed by atoms with E-state index in [2.05, 4.69) is 40.1 Å². The summed E-state index contributed by atoms with van der Waals surface area (Å²) >= 11 is 3.47. The first kappa shape index (κ1) is 10.4. The Balaban J connectivity index is 1.88. The number of nitrogens with one attached hydrogen (secondary N) is 2. The molecular weight excluding hydrogens is 238 g/mol. The molecule has 84 valence electrons. The average Bonchev–Trinajstić information content (AvgIpc) is 2.65. The molecule has 0 amide bonds. The summed E-state index contributed by atoms with van der Waals surface area (Å²) in [7, 11) is 0. The molecule has 0 unspecified atom stereocenters. The highest BCUT2D eigenvalue weighted by Gasteiger charge is 2.16. The van der Waals surface area contributed by atoms with Gasteiger partial charge in [0, 0.05) is 18.8 Å². The Morgan fingerprint density at radius 1 is 1.50 bits per heavy atom. The van der Waals surface area contributed by atoms with Gasteiger partial charge in [0.1, 0.15) is 0 Å². The Hall–Kier alpha value is -0.780. The molecule has 0 bridgehead atoms. The Bertz CT molecular complexity index is 505. The van der Waals surface area contributed by atoms with E-state index in [-0.39, 0.29) is 0 Å². The number of fused-ring (bicyclic) bond motifs is 1. The van der Waals surface area contributed by atoms with Gasteiger partial charge < -0.3 is 10.6 Å². The fraction of sp³-hybridized carbons (Fsp3) is 0.364. The number of hydrogen-bond acceptors (Lipinski definition) is 5. The Morgan fingerprint density at radius 2 is 2.38 bits per heavy atom. The van der Waals surface area contributed by atoms with Crippen molar-refractivity contribution in [3.8, 4) is 0 Å². The quantitative estimate of drug-likeness (QED) is 0.821. The van der Waals surface area contributed by atoms with Crippen LogP contribution in [0.5, 0.6) is 0 Å². The first-order valence-corrected chi connectivity index (χ1v) is 7.31. The Labute approximate surface area is 103 Å². The van der Waals surface area contributed by atoms with Gasteiger partial charge >= 0.3 is 0 Å². The molecule has 0 radical (unpaired) electrons. The van der Waals surface area contributed by atoms with E-state index in [0.717, 1.165) is 22.9 Å². The second-order valence-corrected chi connectivity index (χ2v) is 5.95. The second-order valence-electron chi connectivity index (χ2n) is 3.87. The van der Waals surface area contributed by atoms with Crippen molar-refractivity contribution in [1.29, 1.82) is 0 Å². The predicted octanol–water partition coefficient (Wildman–Crippen LogP) is 2.40. The van der Waals surface area contributed by atoms with Crippen molar-refractivity contribution in [2.75, 3.05) is 24.7 Å². The second kappa shape index (κ2) is 4.24. The first-order chi connectivity index (χ1) is 7.85. The van der Waals surface area contributed by atoms with Crippen LogP contribution in [-0.2, 0) is 0 Å². The Kier molecular flexibility index (Phi) is 2.75. The molecule has 1 saturated heterocycles. The van der Waals surface area contributed by atoms with Gasteiger partial charge in [0.05, 0.1) is 16.3 Å². The summed E-state index contributed by atoms with van der Waals surface area (Å²) in [6.45, 7) is 2.13. The number of aromatic nitrogens is 1. The molecule has 0 saturated carbocycles. The van der Waals surface area contributed by atoms with Gasteiger partial charge in [0.15, 0.2) is 4.34 Å². The number of benzene rings is 1. The molecule has 0 aliphatic carbocycles. The molecule has 0 spiro atoms. The molecule has 1 aromatic heterocycles. The number of anilines is 1. The maximum absolute atomic E-state index is 4.53. The zero-order chi connectivity index (χ0) is 11.0. The molecule has 16 heavy (non-hydrogen) atoms. The summed E-state index contributed by atoms with van der Waals surface area (Å²) in [4.78, 5) is 4.53. The van der Waals surface area contributed by atoms with Gasteiger partial charge in [-0.2, -0.15) is 0 Å². The van der Waals surface area contributed by atoms with Crippen LogP contribution in [0, 0.1) is 0 Å². The highest BCUT2D eigenvalue weighted by molar-refractivity contribution is 8.00. The molecule has 2 N–H and O–H groups in total. The summed E-state index contributed by atoms with van der Waals surface area (Å²) in [6.07, 6.45) is 2.07. The first-order valence-electron chi connectivity index (χ1n) is 5.27. The normalized spacial score (nSPS) is 16.3. The molecular formula is C11H13N3S2. The van der Waals surface area contributed by atoms with Crippen molar-refractivity contribution in [1.82, 2.24) is 10.3 Å². The summed E-state index contributed by atoms with van der Waals surface area (Å²) in [6, 6.07) is 7.00. The van der Waals surface area contributed by atoms with Crippen molar-refractivity contribution in [3.63, 3.8) is 0 Å². The lowest BCUT2D eigenvalue weighted by Gasteiger charge is -2.28. The lowest BCUT2D eigenvalue weighted by atomic mass is 10.1. The van der Waals surface area contributed by atoms with Gasteiger partial charge in [0.2, 0.25) is 0 Å². The van der Waals surface area contributed by atoms with E-state index < -0.39 is 0 Å². The fourth-order valence-electron chi connectivity index (χ4n) is 1.71. The number of hydrogen-bond donors (Lipinski definition) is 2. The fourth-order valence-corrected chi connectivity index (χ4v) is 3.24. The lowest BCUT2D eigenvalue weighted by Crippen LogP contribution is -2.51. The van der Waals surface area contributed by atoms with Gasteiger partial charge in [-0.3, -0.25) is 0 Å². The van der Waals surface area contributed by atoms with Crippen LogP contribution in [0.4, 0.5) is 5.69 Å². The Morgan fingerprint density at radius 3 is 3.06 bits per heavy atom. The van der Waals surface area contributed by atoms with Crippen LogP contribution in [0.15, 0.2) is 22.5 Å². The van der Waals surface area contributed by atoms with Crippen molar-refractivity contribution in [3.05, 3.63) is 18.2 Å². The lowest BCUT2D eigenvalue weighted by molar-refractivity contribution is 0.472. The van der Waals surface area contributed by atoms with Gasteiger partial charge in [-0.15, -0.1) is 11.3 Å². The third kappa shape index (κ3) is 1.90. The van der Waals surface area contributed by atoms with Crippen molar-refractivity contribution in [2.45, 2.75) is 10.4 Å². The minimum atomic E-state index is 0.588. The van der Waals surface area contributed by atoms with Crippen molar-refractivity contribution < 1.29 is 0 Å². The van der Waals surface area contributed by atoms with Crippen LogP contribution in [-0.4, -0.2) is 30.4 Å². The van der Waals surface area contributed by atoms with E-state index in [1.807, 2.05) is 0 Å². The minimum absolute atomic E-state index is 0.588. The van der Waals surface area contributed by atoms with Crippen molar-refractivity contribution >= 4 is 39.0 Å². The van der Waals surface area contributed by atoms with E-state index in [1.54, 1.807) is 23.1 Å². The molecule has 5 heteroatoms. The summed E-state index contributed by atoms with van der Waals surface area (Å²) in [5, 5.41) is 6.76. The van der Waals surface area contributed by atoms with Crippen LogP contribution < -0.4 is 10.6 Å². The largest absolute Gasteiger partial charge is 0.380 e. The van der Waals surface area contributed by atoms with E-state index in [9.17, 15) is 0 Å². The van der Waals surface area contributed by atoms with E-state index >= 15 is 0 Å². The molecule has 1 fully saturated rings. The number of thiazole rings is 1. The molecule has 2 aromatic rings. The maximum Gasteiger partial charge on any atom is 0.150 e. The predicted molar refractivity (Wildman–Crippen MR) is 71.7 cm³/mol. The standard InChI is InChI=1S/C11H13N3S2/c1-15-11-14-9-3-2-7(4-10(9)16-11)13-8-5-12-6-8/h2-4,8,12-13H,5-6H2,1H3. The van der Waals surface area contributed by atoms with Gasteiger partial charge in [-0.05, 0) is 24.5 Å². The monoisotopic (exact) mass is 251 g/mol. The van der Waals surface area contributed by atoms with E-state index in [1.165, 1.54) is 10.4 Å². The van der Waals surface area contributed by atoms with Crippen LogP contribution >= 0.6 is 23.1 Å². The molecule has 0 atom stereocenters. The van der Waals surface area contributed by atoms with Gasteiger partial charge in [-0.1, -0.05) is 11.8 Å². The maximum atomic E-state index is 4.53. The van der Waals surface area contributed by atoms with Crippen LogP contribution in [0.3, 0.4) is 0 Å². The molecule has 2 heterocycles. The molecule has 3 rings (SSSR count).